The Labute approximate surface area is 60.2 Å². The van der Waals surface area contributed by atoms with E-state index in [1.165, 1.54) is 0 Å². The first-order valence-corrected chi connectivity index (χ1v) is 17.6. The second-order valence-corrected chi connectivity index (χ2v) is 16.4. The molecule has 0 rings (SSSR count). The molecule has 0 saturated carbocycles. The average Bonchev–Trinajstić information content (AvgIpc) is 1.33. The van der Waals surface area contributed by atoms with Crippen LogP contribution in [0.15, 0.2) is 0 Å². The summed E-state index contributed by atoms with van der Waals surface area (Å²) in [6.07, 6.45) is 4.08. The van der Waals surface area contributed by atoms with E-state index in [1.807, 2.05) is 12.5 Å². The van der Waals surface area contributed by atoms with Crippen LogP contribution in [0.2, 0.25) is 13.4 Å². The molecular formula is C5H15STl. The summed E-state index contributed by atoms with van der Waals surface area (Å²) < 4.78 is 7.17. The Morgan fingerprint density at radius 1 is 1.00 bits per heavy atom. The van der Waals surface area contributed by atoms with Gasteiger partial charge < -0.3 is 0 Å². The Hall–Kier alpha value is 1.27. The summed E-state index contributed by atoms with van der Waals surface area (Å²) in [5.74, 6) is 0. The third-order valence-corrected chi connectivity index (χ3v) is 0. The van der Waals surface area contributed by atoms with Crippen LogP contribution in [0.4, 0.5) is 0 Å². The summed E-state index contributed by atoms with van der Waals surface area (Å²) >= 11 is 1.03. The number of rotatable bonds is 0. The zero-order chi connectivity index (χ0) is 6.28. The van der Waals surface area contributed by atoms with Crippen LogP contribution in [0.25, 0.3) is 0 Å². The maximum absolute atomic E-state index is 2.39. The van der Waals surface area contributed by atoms with Gasteiger partial charge in [0.2, 0.25) is 0 Å². The molecule has 0 aliphatic heterocycles. The molecular weight excluding hydrogens is 297 g/mol. The molecule has 0 amide bonds. The van der Waals surface area contributed by atoms with Crippen molar-refractivity contribution in [2.24, 2.45) is 0 Å². The average molecular weight is 312 g/mol. The summed E-state index contributed by atoms with van der Waals surface area (Å²) in [7, 11) is 0. The topological polar surface area (TPSA) is 0 Å². The third kappa shape index (κ3) is 125. The van der Waals surface area contributed by atoms with E-state index in [0.717, 1.165) is 0 Å². The van der Waals surface area contributed by atoms with Crippen molar-refractivity contribution in [1.29, 1.82) is 0 Å². The van der Waals surface area contributed by atoms with Crippen molar-refractivity contribution in [3.8, 4) is 0 Å². The van der Waals surface area contributed by atoms with E-state index in [0.29, 0.717) is 0 Å². The van der Waals surface area contributed by atoms with E-state index in [9.17, 15) is 0 Å². The second kappa shape index (κ2) is 10.3. The first-order valence-electron chi connectivity index (χ1n) is 2.55. The van der Waals surface area contributed by atoms with E-state index in [1.54, 1.807) is 11.8 Å². The van der Waals surface area contributed by atoms with Crippen LogP contribution >= 0.6 is 11.8 Å². The van der Waals surface area contributed by atoms with Crippen molar-refractivity contribution in [1.82, 2.24) is 0 Å². The van der Waals surface area contributed by atoms with E-state index < -0.39 is 22.7 Å². The number of hydrogen-bond acceptors (Lipinski definition) is 1. The molecule has 0 aliphatic carbocycles. The first kappa shape index (κ1) is 11.1. The normalized spacial score (nSPS) is 6.43. The van der Waals surface area contributed by atoms with Gasteiger partial charge in [-0.15, -0.1) is 0 Å². The van der Waals surface area contributed by atoms with Gasteiger partial charge >= 0.3 is 36.2 Å². The summed E-state index contributed by atoms with van der Waals surface area (Å²) in [6.45, 7) is 0. The SMILES string of the molecule is CSC.[CH3][Tl]([CH3])[CH3]. The molecule has 0 saturated heterocycles. The van der Waals surface area contributed by atoms with Crippen molar-refractivity contribution in [3.05, 3.63) is 0 Å². The molecule has 0 spiro atoms. The molecule has 0 N–H and O–H groups in total. The van der Waals surface area contributed by atoms with E-state index in [-0.39, 0.29) is 0 Å². The molecule has 0 fully saturated rings. The zero-order valence-electron chi connectivity index (χ0n) is 5.99. The number of thioether (sulfide) groups is 1. The van der Waals surface area contributed by atoms with Crippen molar-refractivity contribution in [2.45, 2.75) is 13.4 Å². The van der Waals surface area contributed by atoms with Gasteiger partial charge in [0.25, 0.3) is 0 Å². The Kier molecular flexibility index (Phi) is 16.4. The van der Waals surface area contributed by atoms with Crippen LogP contribution in [0.1, 0.15) is 0 Å². The summed E-state index contributed by atoms with van der Waals surface area (Å²) in [5.41, 5.74) is 0. The van der Waals surface area contributed by atoms with Crippen LogP contribution in [0.5, 0.6) is 0 Å². The standard InChI is InChI=1S/C2H6S.3CH3.Tl/c1-3-2;;;;/h1-2H3;3*1H3;. The molecule has 0 unspecified atom stereocenters. The van der Waals surface area contributed by atoms with Gasteiger partial charge in [-0.25, -0.2) is 0 Å². The Balaban J connectivity index is 0. The molecule has 0 atom stereocenters. The molecule has 2 heteroatoms. The van der Waals surface area contributed by atoms with Gasteiger partial charge in [0.05, 0.1) is 0 Å². The molecule has 0 aromatic carbocycles. The van der Waals surface area contributed by atoms with Crippen LogP contribution in [-0.2, 0) is 0 Å². The first-order chi connectivity index (χ1) is 3.15. The summed E-state index contributed by atoms with van der Waals surface area (Å²) in [4.78, 5) is 0. The zero-order valence-corrected chi connectivity index (χ0v) is 11.3. The Bertz CT molecular complexity index is 19.3. The molecule has 0 radical (unpaired) electrons. The third-order valence-electron chi connectivity index (χ3n) is 0. The molecule has 0 aromatic rings. The molecule has 7 heavy (non-hydrogen) atoms. The van der Waals surface area contributed by atoms with Crippen LogP contribution in [0.3, 0.4) is 0 Å². The molecule has 0 aliphatic rings. The van der Waals surface area contributed by atoms with E-state index >= 15 is 0 Å². The Morgan fingerprint density at radius 2 is 1.00 bits per heavy atom. The monoisotopic (exact) mass is 312 g/mol. The Morgan fingerprint density at radius 3 is 1.00 bits per heavy atom. The molecule has 0 heterocycles. The van der Waals surface area contributed by atoms with Crippen LogP contribution in [-0.4, -0.2) is 35.2 Å². The van der Waals surface area contributed by atoms with Crippen molar-refractivity contribution >= 4 is 34.5 Å². The fraction of sp³-hybridized carbons (Fsp3) is 1.00. The minimum absolute atomic E-state index is 0.722. The van der Waals surface area contributed by atoms with E-state index in [4.69, 9.17) is 0 Å². The van der Waals surface area contributed by atoms with Gasteiger partial charge in [-0.3, -0.25) is 0 Å². The van der Waals surface area contributed by atoms with Crippen molar-refractivity contribution < 1.29 is 0 Å². The fourth-order valence-electron chi connectivity index (χ4n) is 0. The second-order valence-electron chi connectivity index (χ2n) is 2.14. The predicted molar refractivity (Wildman–Crippen MR) is 42.8 cm³/mol. The van der Waals surface area contributed by atoms with Gasteiger partial charge in [0.1, 0.15) is 0 Å². The minimum atomic E-state index is -0.722. The van der Waals surface area contributed by atoms with Gasteiger partial charge in [0.15, 0.2) is 0 Å². The van der Waals surface area contributed by atoms with Gasteiger partial charge in [-0.2, -0.15) is 11.8 Å². The molecule has 0 aromatic heterocycles. The van der Waals surface area contributed by atoms with Gasteiger partial charge in [-0.1, -0.05) is 0 Å². The number of hydrogen-bond donors (Lipinski definition) is 0. The predicted octanol–water partition coefficient (Wildman–Crippen LogP) is 2.35. The molecule has 44 valence electrons. The summed E-state index contributed by atoms with van der Waals surface area (Å²) in [5, 5.41) is 0. The van der Waals surface area contributed by atoms with Gasteiger partial charge in [0, 0.05) is 0 Å². The quantitative estimate of drug-likeness (QED) is 0.619. The fourth-order valence-corrected chi connectivity index (χ4v) is 0. The van der Waals surface area contributed by atoms with Crippen LogP contribution in [0, 0.1) is 0 Å². The van der Waals surface area contributed by atoms with E-state index in [2.05, 4.69) is 13.4 Å². The molecule has 0 bridgehead atoms. The van der Waals surface area contributed by atoms with Crippen molar-refractivity contribution in [2.75, 3.05) is 12.5 Å². The molecule has 0 nitrogen and oxygen atoms in total. The van der Waals surface area contributed by atoms with Gasteiger partial charge in [-0.05, 0) is 12.5 Å². The maximum atomic E-state index is 2.39. The van der Waals surface area contributed by atoms with Crippen LogP contribution < -0.4 is 0 Å². The van der Waals surface area contributed by atoms with Crippen molar-refractivity contribution in [3.63, 3.8) is 0 Å². The summed E-state index contributed by atoms with van der Waals surface area (Å²) in [6, 6.07) is 0.